The molecule has 0 aliphatic carbocycles. The Morgan fingerprint density at radius 1 is 1.15 bits per heavy atom. The zero-order valence-electron chi connectivity index (χ0n) is 25.3. The zero-order valence-corrected chi connectivity index (χ0v) is 26.4. The molecule has 0 amide bonds. The van der Waals surface area contributed by atoms with Gasteiger partial charge < -0.3 is 20.5 Å². The molecule has 6 nitrogen and oxygen atoms in total. The van der Waals surface area contributed by atoms with E-state index >= 15 is 0 Å². The lowest BCUT2D eigenvalue weighted by molar-refractivity contribution is -0.117. The van der Waals surface area contributed by atoms with E-state index in [2.05, 4.69) is 47.7 Å². The Labute approximate surface area is 242 Å². The number of aromatic nitrogens is 1. The van der Waals surface area contributed by atoms with Gasteiger partial charge in [-0.15, -0.1) is 0 Å². The molecule has 1 aromatic carbocycles. The number of alkyl halides is 2. The van der Waals surface area contributed by atoms with E-state index < -0.39 is 5.85 Å². The predicted octanol–water partition coefficient (Wildman–Crippen LogP) is 8.21. The number of nitrogens with zero attached hydrogens (tertiary/aromatic N) is 1. The van der Waals surface area contributed by atoms with E-state index in [1.54, 1.807) is 18.3 Å². The van der Waals surface area contributed by atoms with Crippen molar-refractivity contribution < 1.29 is 23.4 Å². The Kier molecular flexibility index (Phi) is 19.2. The topological polar surface area (TPSA) is 83.5 Å². The summed E-state index contributed by atoms with van der Waals surface area (Å²) < 4.78 is 30.2. The molecule has 0 fully saturated rings. The van der Waals surface area contributed by atoms with Crippen molar-refractivity contribution in [3.05, 3.63) is 60.3 Å². The van der Waals surface area contributed by atoms with E-state index in [-0.39, 0.29) is 29.6 Å². The second kappa shape index (κ2) is 20.5. The maximum Gasteiger partial charge on any atom is 0.408 e. The van der Waals surface area contributed by atoms with Gasteiger partial charge in [0, 0.05) is 29.4 Å². The van der Waals surface area contributed by atoms with Gasteiger partial charge in [0.05, 0.1) is 6.10 Å². The number of benzene rings is 1. The highest BCUT2D eigenvalue weighted by atomic mass is 31.0. The third-order valence-corrected chi connectivity index (χ3v) is 6.19. The number of hydrogen-bond acceptors (Lipinski definition) is 6. The molecule has 2 rings (SSSR count). The van der Waals surface area contributed by atoms with Crippen LogP contribution in [0.1, 0.15) is 90.8 Å². The second-order valence-electron chi connectivity index (χ2n) is 9.61. The van der Waals surface area contributed by atoms with Gasteiger partial charge in [0.1, 0.15) is 11.6 Å². The maximum atomic E-state index is 12.9. The fourth-order valence-corrected chi connectivity index (χ4v) is 3.78. The third-order valence-electron chi connectivity index (χ3n) is 6.07. The van der Waals surface area contributed by atoms with Crippen molar-refractivity contribution in [2.24, 2.45) is 5.92 Å². The van der Waals surface area contributed by atoms with Crippen LogP contribution >= 0.6 is 9.24 Å². The van der Waals surface area contributed by atoms with Crippen LogP contribution in [0.2, 0.25) is 0 Å². The molecule has 1 heterocycles. The van der Waals surface area contributed by atoms with Gasteiger partial charge in [0.2, 0.25) is 0 Å². The molecular formula is C31H50F2N3O3P. The molecule has 0 radical (unpaired) electrons. The molecule has 9 heteroatoms. The molecule has 226 valence electrons. The molecule has 3 unspecified atom stereocenters. The summed E-state index contributed by atoms with van der Waals surface area (Å²) in [6.45, 7) is 15.4. The Hall–Kier alpha value is -2.41. The number of aliphatic hydroxyl groups is 1. The summed E-state index contributed by atoms with van der Waals surface area (Å²) in [6, 6.07) is 8.59. The predicted molar refractivity (Wildman–Crippen MR) is 167 cm³/mol. The van der Waals surface area contributed by atoms with Gasteiger partial charge in [-0.25, -0.2) is 4.98 Å². The Morgan fingerprint density at radius 2 is 1.77 bits per heavy atom. The van der Waals surface area contributed by atoms with E-state index in [0.29, 0.717) is 0 Å². The van der Waals surface area contributed by atoms with E-state index in [9.17, 15) is 13.6 Å². The number of ether oxygens (including phenoxy) is 1. The van der Waals surface area contributed by atoms with E-state index in [0.717, 1.165) is 49.2 Å². The second-order valence-corrected chi connectivity index (χ2v) is 10.3. The van der Waals surface area contributed by atoms with Crippen molar-refractivity contribution in [3.8, 4) is 5.75 Å². The molecule has 0 aliphatic heterocycles. The number of aryl methyl sites for hydroxylation is 1. The number of carbonyl (C=O) groups excluding carboxylic acids is 1. The lowest BCUT2D eigenvalue weighted by Crippen LogP contribution is -2.19. The lowest BCUT2D eigenvalue weighted by atomic mass is 9.97. The van der Waals surface area contributed by atoms with Gasteiger partial charge in [0.15, 0.2) is 5.78 Å². The first-order valence-electron chi connectivity index (χ1n) is 14.1. The van der Waals surface area contributed by atoms with Crippen LogP contribution in [0.4, 0.5) is 20.3 Å². The van der Waals surface area contributed by atoms with Crippen LogP contribution in [0.3, 0.4) is 0 Å². The molecular weight excluding hydrogens is 531 g/mol. The van der Waals surface area contributed by atoms with Crippen LogP contribution in [-0.2, 0) is 11.2 Å². The molecule has 0 saturated heterocycles. The summed E-state index contributed by atoms with van der Waals surface area (Å²) in [6.07, 6.45) is 9.15. The van der Waals surface area contributed by atoms with Gasteiger partial charge in [0.25, 0.3) is 0 Å². The van der Waals surface area contributed by atoms with Crippen LogP contribution in [0.25, 0.3) is 0 Å². The molecule has 40 heavy (non-hydrogen) atoms. The number of hydrogen-bond donors (Lipinski definition) is 3. The van der Waals surface area contributed by atoms with E-state index in [4.69, 9.17) is 5.11 Å². The first-order chi connectivity index (χ1) is 18.9. The minimum absolute atomic E-state index is 0.0463. The number of nitrogens with one attached hydrogen (secondary N) is 2. The summed E-state index contributed by atoms with van der Waals surface area (Å²) in [4.78, 5) is 14.9. The molecule has 3 N–H and O–H groups in total. The van der Waals surface area contributed by atoms with Crippen molar-refractivity contribution >= 4 is 26.5 Å². The number of pyridine rings is 1. The lowest BCUT2D eigenvalue weighted by Gasteiger charge is -2.22. The van der Waals surface area contributed by atoms with E-state index in [1.807, 2.05) is 33.9 Å². The molecule has 3 atom stereocenters. The molecule has 0 aliphatic rings. The highest BCUT2D eigenvalue weighted by Crippen LogP contribution is 2.31. The Morgan fingerprint density at radius 3 is 2.17 bits per heavy atom. The molecule has 1 aromatic heterocycles. The number of rotatable bonds is 14. The number of allylic oxidation sites excluding steroid dienone is 1. The smallest absolute Gasteiger partial charge is 0.408 e. The van der Waals surface area contributed by atoms with Gasteiger partial charge >= 0.3 is 5.85 Å². The number of unbranched alkanes of at least 4 members (excludes halogenated alkanes) is 1. The molecule has 0 bridgehead atoms. The van der Waals surface area contributed by atoms with Crippen LogP contribution < -0.4 is 15.4 Å². The average molecular weight is 582 g/mol. The summed E-state index contributed by atoms with van der Waals surface area (Å²) in [7, 11) is 3.29. The van der Waals surface area contributed by atoms with Crippen LogP contribution in [-0.4, -0.2) is 34.9 Å². The van der Waals surface area contributed by atoms with Gasteiger partial charge in [-0.05, 0) is 83.9 Å². The molecule has 0 spiro atoms. The maximum absolute atomic E-state index is 12.9. The van der Waals surface area contributed by atoms with Gasteiger partial charge in [-0.1, -0.05) is 61.0 Å². The Bertz CT molecular complexity index is 979. The van der Waals surface area contributed by atoms with Crippen molar-refractivity contribution in [1.29, 1.82) is 0 Å². The first kappa shape index (κ1) is 37.6. The minimum Gasteiger partial charge on any atom is -0.430 e. The van der Waals surface area contributed by atoms with Crippen molar-refractivity contribution in [2.45, 2.75) is 98.1 Å². The summed E-state index contributed by atoms with van der Waals surface area (Å²) in [5.41, 5.74) is 3.11. The van der Waals surface area contributed by atoms with E-state index in [1.165, 1.54) is 39.4 Å². The highest BCUT2D eigenvalue weighted by molar-refractivity contribution is 7.17. The van der Waals surface area contributed by atoms with Crippen molar-refractivity contribution in [1.82, 2.24) is 10.3 Å². The average Bonchev–Trinajstić information content (AvgIpc) is 2.93. The zero-order chi connectivity index (χ0) is 30.7. The monoisotopic (exact) mass is 581 g/mol. The SMILES string of the molecule is C=CC(=O)C(C)C.CCCCC(O)CC.CCc1ccnc(Nc2ccc(OC(F)(F)P)cc2)c1C(CC)NC. The number of carbonyl (C=O) groups is 1. The summed E-state index contributed by atoms with van der Waals surface area (Å²) in [5.74, 6) is -2.19. The fourth-order valence-electron chi connectivity index (χ4n) is 3.64. The first-order valence-corrected chi connectivity index (χ1v) is 14.7. The Balaban J connectivity index is 0.000000832. The van der Waals surface area contributed by atoms with Crippen LogP contribution in [0, 0.1) is 5.92 Å². The fraction of sp³-hybridized carbons (Fsp3) is 0.548. The summed E-state index contributed by atoms with van der Waals surface area (Å²) >= 11 is 0. The van der Waals surface area contributed by atoms with Gasteiger partial charge in [-0.2, -0.15) is 8.78 Å². The molecule has 2 aromatic rings. The quantitative estimate of drug-likeness (QED) is 0.154. The number of halogens is 2. The van der Waals surface area contributed by atoms with Crippen LogP contribution in [0.15, 0.2) is 49.2 Å². The largest absolute Gasteiger partial charge is 0.430 e. The molecule has 0 saturated carbocycles. The minimum atomic E-state index is -3.28. The van der Waals surface area contributed by atoms with Crippen molar-refractivity contribution in [2.75, 3.05) is 12.4 Å². The highest BCUT2D eigenvalue weighted by Gasteiger charge is 2.23. The summed E-state index contributed by atoms with van der Waals surface area (Å²) in [5, 5.41) is 15.6. The number of anilines is 2. The number of aliphatic hydroxyl groups excluding tert-OH is 1. The van der Waals surface area contributed by atoms with Crippen LogP contribution in [0.5, 0.6) is 5.75 Å². The third kappa shape index (κ3) is 15.4. The van der Waals surface area contributed by atoms with Crippen molar-refractivity contribution in [3.63, 3.8) is 0 Å². The normalized spacial score (nSPS) is 12.3. The number of ketones is 1. The van der Waals surface area contributed by atoms with Gasteiger partial charge in [-0.3, -0.25) is 4.79 Å². The standard InChI is InChI=1S/C18H24F2N3OP.C7H16O.C6H10O/c1-4-12-10-11-22-17(16(12)15(5-2)21-3)23-13-6-8-14(9-7-13)24-18(19,20)25;1-3-5-6-7(8)4-2;1-4-6(7)5(2)3/h6-11,15,21H,4-5,25H2,1-3H3,(H,22,23);7-8H,3-6H2,1-2H3;4-5H,1H2,2-3H3.